The first-order chi connectivity index (χ1) is 10.00. The number of hydrogen-bond acceptors (Lipinski definition) is 4. The first-order valence-electron chi connectivity index (χ1n) is 7.17. The number of nitrogens with two attached hydrogens (primary N) is 1. The topological polar surface area (TPSA) is 47.7 Å². The number of ether oxygens (including phenoxy) is 2. The second-order valence-corrected chi connectivity index (χ2v) is 5.31. The normalized spacial score (nSPS) is 18.4. The molecular formula is C15H22F2N2O2. The quantitative estimate of drug-likeness (QED) is 0.648. The van der Waals surface area contributed by atoms with Crippen LogP contribution in [-0.2, 0) is 0 Å². The van der Waals surface area contributed by atoms with Gasteiger partial charge < -0.3 is 20.1 Å². The summed E-state index contributed by atoms with van der Waals surface area (Å²) in [6.45, 7) is 2.21. The lowest BCUT2D eigenvalue weighted by atomic mass is 10.1. The second-order valence-electron chi connectivity index (χ2n) is 5.31. The minimum absolute atomic E-state index is 0.0420. The molecular weight excluding hydrogens is 278 g/mol. The van der Waals surface area contributed by atoms with Crippen molar-refractivity contribution in [2.45, 2.75) is 25.2 Å². The van der Waals surface area contributed by atoms with Crippen molar-refractivity contribution in [2.24, 2.45) is 0 Å². The SMILES string of the molecule is COc1cc(N)ccc1OCCCN1CCC(F)(F)CC1. The first kappa shape index (κ1) is 15.8. The highest BCUT2D eigenvalue weighted by molar-refractivity contribution is 5.51. The Morgan fingerprint density at radius 1 is 1.24 bits per heavy atom. The summed E-state index contributed by atoms with van der Waals surface area (Å²) in [5, 5.41) is 0. The van der Waals surface area contributed by atoms with Crippen molar-refractivity contribution in [1.82, 2.24) is 4.90 Å². The maximum atomic E-state index is 13.0. The fraction of sp³-hybridized carbons (Fsp3) is 0.600. The van der Waals surface area contributed by atoms with E-state index in [9.17, 15) is 8.78 Å². The Morgan fingerprint density at radius 3 is 2.62 bits per heavy atom. The van der Waals surface area contributed by atoms with Gasteiger partial charge in [-0.3, -0.25) is 0 Å². The van der Waals surface area contributed by atoms with Gasteiger partial charge in [0.1, 0.15) is 0 Å². The number of benzene rings is 1. The number of likely N-dealkylation sites (tertiary alicyclic amines) is 1. The number of alkyl halides is 2. The van der Waals surface area contributed by atoms with Gasteiger partial charge in [-0.05, 0) is 18.6 Å². The molecule has 0 atom stereocenters. The van der Waals surface area contributed by atoms with E-state index >= 15 is 0 Å². The molecule has 1 aromatic carbocycles. The van der Waals surface area contributed by atoms with Crippen molar-refractivity contribution in [1.29, 1.82) is 0 Å². The van der Waals surface area contributed by atoms with Crippen molar-refractivity contribution in [3.05, 3.63) is 18.2 Å². The summed E-state index contributed by atoms with van der Waals surface area (Å²) < 4.78 is 36.9. The number of nitrogen functional groups attached to an aromatic ring is 1. The predicted molar refractivity (Wildman–Crippen MR) is 78.1 cm³/mol. The van der Waals surface area contributed by atoms with E-state index in [1.165, 1.54) is 0 Å². The molecule has 1 aromatic rings. The number of piperidine rings is 1. The van der Waals surface area contributed by atoms with Crippen molar-refractivity contribution in [2.75, 3.05) is 39.1 Å². The van der Waals surface area contributed by atoms with Gasteiger partial charge >= 0.3 is 0 Å². The van der Waals surface area contributed by atoms with Crippen molar-refractivity contribution in [3.63, 3.8) is 0 Å². The summed E-state index contributed by atoms with van der Waals surface area (Å²) in [4.78, 5) is 2.06. The molecule has 0 radical (unpaired) electrons. The monoisotopic (exact) mass is 300 g/mol. The van der Waals surface area contributed by atoms with Crippen LogP contribution in [0.2, 0.25) is 0 Å². The van der Waals surface area contributed by atoms with Gasteiger partial charge in [-0.15, -0.1) is 0 Å². The number of anilines is 1. The fourth-order valence-electron chi connectivity index (χ4n) is 2.38. The minimum atomic E-state index is -2.48. The minimum Gasteiger partial charge on any atom is -0.493 e. The predicted octanol–water partition coefficient (Wildman–Crippen LogP) is 2.78. The van der Waals surface area contributed by atoms with E-state index in [0.29, 0.717) is 36.9 Å². The molecule has 2 N–H and O–H groups in total. The molecule has 0 amide bonds. The number of nitrogens with zero attached hydrogens (tertiary/aromatic N) is 1. The molecule has 1 fully saturated rings. The van der Waals surface area contributed by atoms with Gasteiger partial charge in [-0.2, -0.15) is 0 Å². The van der Waals surface area contributed by atoms with Crippen LogP contribution in [0.1, 0.15) is 19.3 Å². The molecule has 4 nitrogen and oxygen atoms in total. The van der Waals surface area contributed by atoms with Crippen LogP contribution in [0.5, 0.6) is 11.5 Å². The molecule has 0 aromatic heterocycles. The summed E-state index contributed by atoms with van der Waals surface area (Å²) in [5.74, 6) is -1.23. The van der Waals surface area contributed by atoms with Crippen LogP contribution in [0.4, 0.5) is 14.5 Å². The lowest BCUT2D eigenvalue weighted by molar-refractivity contribution is -0.0554. The highest BCUT2D eigenvalue weighted by Crippen LogP contribution is 2.29. The Hall–Kier alpha value is -1.56. The molecule has 0 bridgehead atoms. The Bertz CT molecular complexity index is 459. The Morgan fingerprint density at radius 2 is 1.95 bits per heavy atom. The van der Waals surface area contributed by atoms with Crippen LogP contribution in [0, 0.1) is 0 Å². The Labute approximate surface area is 123 Å². The Kier molecular flexibility index (Phi) is 5.22. The molecule has 1 heterocycles. The van der Waals surface area contributed by atoms with Crippen molar-refractivity contribution < 1.29 is 18.3 Å². The van der Waals surface area contributed by atoms with Crippen LogP contribution >= 0.6 is 0 Å². The Balaban J connectivity index is 1.71. The molecule has 0 saturated carbocycles. The van der Waals surface area contributed by atoms with Crippen LogP contribution in [0.3, 0.4) is 0 Å². The lowest BCUT2D eigenvalue weighted by Crippen LogP contribution is -2.40. The zero-order valence-corrected chi connectivity index (χ0v) is 12.3. The zero-order valence-electron chi connectivity index (χ0n) is 12.3. The van der Waals surface area contributed by atoms with Gasteiger partial charge in [0.2, 0.25) is 0 Å². The largest absolute Gasteiger partial charge is 0.493 e. The van der Waals surface area contributed by atoms with Crippen molar-refractivity contribution >= 4 is 5.69 Å². The molecule has 118 valence electrons. The first-order valence-corrected chi connectivity index (χ1v) is 7.17. The molecule has 0 spiro atoms. The van der Waals surface area contributed by atoms with E-state index in [1.54, 1.807) is 25.3 Å². The summed E-state index contributed by atoms with van der Waals surface area (Å²) in [6.07, 6.45) is 0.707. The van der Waals surface area contributed by atoms with Crippen molar-refractivity contribution in [3.8, 4) is 11.5 Å². The van der Waals surface area contributed by atoms with Gasteiger partial charge in [0.15, 0.2) is 11.5 Å². The standard InChI is InChI=1S/C15H22F2N2O2/c1-20-14-11-12(18)3-4-13(14)21-10-2-7-19-8-5-15(16,17)6-9-19/h3-4,11H,2,5-10,18H2,1H3. The summed E-state index contributed by atoms with van der Waals surface area (Å²) in [7, 11) is 1.57. The third kappa shape index (κ3) is 4.74. The van der Waals surface area contributed by atoms with Gasteiger partial charge in [0.05, 0.1) is 13.7 Å². The van der Waals surface area contributed by atoms with E-state index in [1.807, 2.05) is 0 Å². The van der Waals surface area contributed by atoms with Crippen LogP contribution in [-0.4, -0.2) is 44.2 Å². The zero-order chi connectivity index (χ0) is 15.3. The molecule has 6 heteroatoms. The number of halogens is 2. The molecule has 21 heavy (non-hydrogen) atoms. The highest BCUT2D eigenvalue weighted by Gasteiger charge is 2.33. The smallest absolute Gasteiger partial charge is 0.250 e. The molecule has 0 aliphatic carbocycles. The number of methoxy groups -OCH3 is 1. The number of rotatable bonds is 6. The molecule has 0 unspecified atom stereocenters. The third-order valence-electron chi connectivity index (χ3n) is 3.65. The summed E-state index contributed by atoms with van der Waals surface area (Å²) >= 11 is 0. The lowest BCUT2D eigenvalue weighted by Gasteiger charge is -2.31. The molecule has 1 aliphatic heterocycles. The second kappa shape index (κ2) is 6.93. The van der Waals surface area contributed by atoms with Crippen LogP contribution in [0.15, 0.2) is 18.2 Å². The van der Waals surface area contributed by atoms with Crippen LogP contribution in [0.25, 0.3) is 0 Å². The fourth-order valence-corrected chi connectivity index (χ4v) is 2.38. The van der Waals surface area contributed by atoms with E-state index in [2.05, 4.69) is 4.90 Å². The third-order valence-corrected chi connectivity index (χ3v) is 3.65. The average molecular weight is 300 g/mol. The van der Waals surface area contributed by atoms with E-state index in [4.69, 9.17) is 15.2 Å². The summed E-state index contributed by atoms with van der Waals surface area (Å²) in [6, 6.07) is 5.24. The highest BCUT2D eigenvalue weighted by atomic mass is 19.3. The maximum absolute atomic E-state index is 13.0. The molecule has 1 saturated heterocycles. The van der Waals surface area contributed by atoms with E-state index in [0.717, 1.165) is 13.0 Å². The molecule has 1 aliphatic rings. The van der Waals surface area contributed by atoms with Gasteiger partial charge in [0, 0.05) is 44.2 Å². The van der Waals surface area contributed by atoms with Gasteiger partial charge in [-0.1, -0.05) is 0 Å². The maximum Gasteiger partial charge on any atom is 0.250 e. The van der Waals surface area contributed by atoms with Gasteiger partial charge in [-0.25, -0.2) is 8.78 Å². The van der Waals surface area contributed by atoms with E-state index < -0.39 is 5.92 Å². The summed E-state index contributed by atoms with van der Waals surface area (Å²) in [5.41, 5.74) is 6.29. The molecule has 2 rings (SSSR count). The average Bonchev–Trinajstić information content (AvgIpc) is 2.46. The van der Waals surface area contributed by atoms with Gasteiger partial charge in [0.25, 0.3) is 5.92 Å². The van der Waals surface area contributed by atoms with E-state index in [-0.39, 0.29) is 12.8 Å². The number of hydrogen-bond donors (Lipinski definition) is 1. The van der Waals surface area contributed by atoms with Crippen LogP contribution < -0.4 is 15.2 Å².